The molecular weight excluding hydrogens is 444 g/mol. The number of carbonyl (C=O) groups is 3. The highest BCUT2D eigenvalue weighted by molar-refractivity contribution is 6.02. The van der Waals surface area contributed by atoms with Gasteiger partial charge >= 0.3 is 0 Å². The summed E-state index contributed by atoms with van der Waals surface area (Å²) in [5.74, 6) is -0.0850. The summed E-state index contributed by atoms with van der Waals surface area (Å²) in [5, 5.41) is 5.55. The Bertz CT molecular complexity index is 1150. The molecule has 0 aliphatic heterocycles. The van der Waals surface area contributed by atoms with Crippen LogP contribution in [0.1, 0.15) is 30.9 Å². The molecule has 2 aromatic carbocycles. The maximum Gasteiger partial charge on any atom is 0.240 e. The van der Waals surface area contributed by atoms with Gasteiger partial charge in [-0.3, -0.25) is 19.3 Å². The molecule has 0 saturated carbocycles. The monoisotopic (exact) mass is 474 g/mol. The second-order valence-corrected chi connectivity index (χ2v) is 7.91. The van der Waals surface area contributed by atoms with Gasteiger partial charge in [-0.25, -0.2) is 4.98 Å². The number of ether oxygens (including phenoxy) is 1. The molecule has 0 saturated heterocycles. The Labute approximate surface area is 205 Å². The summed E-state index contributed by atoms with van der Waals surface area (Å²) < 4.78 is 5.68. The van der Waals surface area contributed by atoms with Crippen LogP contribution in [-0.4, -0.2) is 35.9 Å². The van der Waals surface area contributed by atoms with Gasteiger partial charge in [0.2, 0.25) is 17.7 Å². The van der Waals surface area contributed by atoms with Crippen LogP contribution < -0.4 is 20.3 Å². The number of anilines is 2. The number of rotatable bonds is 11. The van der Waals surface area contributed by atoms with Crippen LogP contribution >= 0.6 is 0 Å². The van der Waals surface area contributed by atoms with Crippen LogP contribution in [0.4, 0.5) is 11.5 Å². The second-order valence-electron chi connectivity index (χ2n) is 7.91. The van der Waals surface area contributed by atoms with Gasteiger partial charge in [0.1, 0.15) is 18.1 Å². The normalized spacial score (nSPS) is 10.3. The first kappa shape index (κ1) is 25.4. The molecule has 0 unspecified atom stereocenters. The van der Waals surface area contributed by atoms with E-state index in [0.717, 1.165) is 11.1 Å². The van der Waals surface area contributed by atoms with Gasteiger partial charge in [0.25, 0.3) is 0 Å². The van der Waals surface area contributed by atoms with Gasteiger partial charge in [-0.15, -0.1) is 0 Å². The molecule has 0 atom stereocenters. The zero-order valence-corrected chi connectivity index (χ0v) is 20.0. The summed E-state index contributed by atoms with van der Waals surface area (Å²) in [6.45, 7) is 4.30. The number of benzene rings is 2. The number of amides is 3. The van der Waals surface area contributed by atoms with E-state index in [4.69, 9.17) is 4.74 Å². The summed E-state index contributed by atoms with van der Waals surface area (Å²) in [4.78, 5) is 43.9. The van der Waals surface area contributed by atoms with Crippen LogP contribution in [0.25, 0.3) is 0 Å². The Morgan fingerprint density at radius 2 is 1.69 bits per heavy atom. The van der Waals surface area contributed by atoms with Crippen molar-refractivity contribution >= 4 is 29.2 Å². The molecule has 8 nitrogen and oxygen atoms in total. The zero-order valence-electron chi connectivity index (χ0n) is 20.0. The molecule has 0 fully saturated rings. The van der Waals surface area contributed by atoms with Crippen molar-refractivity contribution in [3.05, 3.63) is 84.1 Å². The number of aromatic nitrogens is 1. The molecule has 0 aliphatic rings. The molecule has 1 heterocycles. The van der Waals surface area contributed by atoms with E-state index in [-0.39, 0.29) is 37.1 Å². The summed E-state index contributed by atoms with van der Waals surface area (Å²) in [6.07, 6.45) is 1.48. The molecule has 182 valence electrons. The minimum absolute atomic E-state index is 0.0482. The smallest absolute Gasteiger partial charge is 0.240 e. The van der Waals surface area contributed by atoms with Crippen molar-refractivity contribution in [1.82, 2.24) is 10.3 Å². The predicted molar refractivity (Wildman–Crippen MR) is 135 cm³/mol. The molecule has 3 rings (SSSR count). The van der Waals surface area contributed by atoms with Gasteiger partial charge in [0.15, 0.2) is 0 Å². The number of hydrogen-bond acceptors (Lipinski definition) is 5. The molecule has 3 amide bonds. The number of aryl methyl sites for hydroxylation is 1. The quantitative estimate of drug-likeness (QED) is 0.440. The van der Waals surface area contributed by atoms with Gasteiger partial charge in [-0.1, -0.05) is 42.5 Å². The third-order valence-electron chi connectivity index (χ3n) is 5.14. The lowest BCUT2D eigenvalue weighted by Gasteiger charge is -2.24. The van der Waals surface area contributed by atoms with Gasteiger partial charge in [0, 0.05) is 25.6 Å². The first-order chi connectivity index (χ1) is 17.0. The summed E-state index contributed by atoms with van der Waals surface area (Å²) in [7, 11) is 0. The van der Waals surface area contributed by atoms with Crippen molar-refractivity contribution in [2.24, 2.45) is 0 Å². The topological polar surface area (TPSA) is 101 Å². The first-order valence-electron chi connectivity index (χ1n) is 11.5. The number of hydrogen-bond donors (Lipinski definition) is 2. The third kappa shape index (κ3) is 7.96. The number of pyridine rings is 1. The molecule has 0 spiro atoms. The van der Waals surface area contributed by atoms with Crippen LogP contribution in [0.5, 0.6) is 5.75 Å². The lowest BCUT2D eigenvalue weighted by molar-refractivity contribution is -0.125. The number of nitrogens with zero attached hydrogens (tertiary/aromatic N) is 2. The molecule has 8 heteroatoms. The van der Waals surface area contributed by atoms with Crippen molar-refractivity contribution in [2.45, 2.75) is 33.2 Å². The van der Waals surface area contributed by atoms with E-state index in [1.807, 2.05) is 50.2 Å². The average Bonchev–Trinajstić information content (AvgIpc) is 2.86. The highest BCUT2D eigenvalue weighted by Crippen LogP contribution is 2.28. The minimum atomic E-state index is -0.362. The Morgan fingerprint density at radius 3 is 2.43 bits per heavy atom. The Balaban J connectivity index is 1.68. The van der Waals surface area contributed by atoms with Crippen LogP contribution in [0.2, 0.25) is 0 Å². The fourth-order valence-electron chi connectivity index (χ4n) is 3.43. The minimum Gasteiger partial charge on any atom is -0.492 e. The van der Waals surface area contributed by atoms with Crippen molar-refractivity contribution in [3.63, 3.8) is 0 Å². The lowest BCUT2D eigenvalue weighted by Crippen LogP contribution is -2.41. The van der Waals surface area contributed by atoms with E-state index in [9.17, 15) is 14.4 Å². The summed E-state index contributed by atoms with van der Waals surface area (Å²) in [5.41, 5.74) is 2.40. The van der Waals surface area contributed by atoms with Crippen LogP contribution in [-0.2, 0) is 20.9 Å². The fraction of sp³-hybridized carbons (Fsp3) is 0.259. The molecule has 35 heavy (non-hydrogen) atoms. The van der Waals surface area contributed by atoms with E-state index < -0.39 is 0 Å². The largest absolute Gasteiger partial charge is 0.492 e. The van der Waals surface area contributed by atoms with Crippen molar-refractivity contribution < 1.29 is 19.1 Å². The van der Waals surface area contributed by atoms with Gasteiger partial charge in [-0.05, 0) is 49.2 Å². The molecule has 0 aliphatic carbocycles. The Hall–Kier alpha value is -4.20. The van der Waals surface area contributed by atoms with E-state index in [2.05, 4.69) is 15.6 Å². The van der Waals surface area contributed by atoms with Crippen LogP contribution in [0.15, 0.2) is 72.9 Å². The zero-order chi connectivity index (χ0) is 25.0. The Morgan fingerprint density at radius 1 is 0.943 bits per heavy atom. The average molecular weight is 475 g/mol. The number of para-hydroxylation sites is 2. The van der Waals surface area contributed by atoms with Gasteiger partial charge < -0.3 is 15.4 Å². The molecule has 3 aromatic rings. The lowest BCUT2D eigenvalue weighted by atomic mass is 10.2. The van der Waals surface area contributed by atoms with Gasteiger partial charge in [-0.2, -0.15) is 0 Å². The molecular formula is C27H30N4O4. The highest BCUT2D eigenvalue weighted by atomic mass is 16.5. The molecule has 0 radical (unpaired) electrons. The second kappa shape index (κ2) is 12.9. The summed E-state index contributed by atoms with van der Waals surface area (Å²) in [6, 6.07) is 20.1. The third-order valence-corrected chi connectivity index (χ3v) is 5.14. The van der Waals surface area contributed by atoms with E-state index in [1.165, 1.54) is 4.90 Å². The Kier molecular flexibility index (Phi) is 9.36. The van der Waals surface area contributed by atoms with Gasteiger partial charge in [0.05, 0.1) is 12.3 Å². The van der Waals surface area contributed by atoms with Crippen molar-refractivity contribution in [2.75, 3.05) is 23.4 Å². The number of carbonyl (C=O) groups excluding carboxylic acids is 3. The standard InChI is InChI=1S/C27H30N4O4/c1-3-35-23-12-8-7-11-22(23)31(19-26(33)29-18-21-9-5-4-6-10-21)27(34)14-13-25(32)30-24-17-20(2)15-16-28-24/h4-12,15-17H,3,13-14,18-19H2,1-2H3,(H,29,33)(H,28,30,32). The number of nitrogens with one attached hydrogen (secondary N) is 2. The molecule has 2 N–H and O–H groups in total. The van der Waals surface area contributed by atoms with E-state index in [1.54, 1.807) is 36.5 Å². The van der Waals surface area contributed by atoms with E-state index in [0.29, 0.717) is 30.4 Å². The maximum atomic E-state index is 13.2. The first-order valence-corrected chi connectivity index (χ1v) is 11.5. The SMILES string of the molecule is CCOc1ccccc1N(CC(=O)NCc1ccccc1)C(=O)CCC(=O)Nc1cc(C)ccn1. The van der Waals surface area contributed by atoms with Crippen molar-refractivity contribution in [1.29, 1.82) is 0 Å². The molecule has 0 bridgehead atoms. The fourth-order valence-corrected chi connectivity index (χ4v) is 3.43. The highest BCUT2D eigenvalue weighted by Gasteiger charge is 2.23. The van der Waals surface area contributed by atoms with Crippen molar-refractivity contribution in [3.8, 4) is 5.75 Å². The van der Waals surface area contributed by atoms with Crippen LogP contribution in [0, 0.1) is 6.92 Å². The van der Waals surface area contributed by atoms with Crippen LogP contribution in [0.3, 0.4) is 0 Å². The molecule has 1 aromatic heterocycles. The summed E-state index contributed by atoms with van der Waals surface area (Å²) >= 11 is 0. The predicted octanol–water partition coefficient (Wildman–Crippen LogP) is 3.86. The maximum absolute atomic E-state index is 13.2. The van der Waals surface area contributed by atoms with E-state index >= 15 is 0 Å².